The van der Waals surface area contributed by atoms with Gasteiger partial charge in [0.05, 0.1) is 19.3 Å². The second-order valence-corrected chi connectivity index (χ2v) is 13.0. The fourth-order valence-corrected chi connectivity index (χ4v) is 5.08. The third-order valence-corrected chi connectivity index (χ3v) is 8.16. The number of aliphatic hydroxyl groups is 3. The molecule has 52 heavy (non-hydrogen) atoms. The normalized spacial score (nSPS) is 13.8. The van der Waals surface area contributed by atoms with Crippen LogP contribution in [0.4, 0.5) is 0 Å². The molecule has 7 nitrogen and oxygen atoms in total. The van der Waals surface area contributed by atoms with Gasteiger partial charge in [0.2, 0.25) is 5.91 Å². The number of esters is 1. The van der Waals surface area contributed by atoms with Gasteiger partial charge in [-0.05, 0) is 96.3 Å². The highest BCUT2D eigenvalue weighted by Crippen LogP contribution is 2.13. The van der Waals surface area contributed by atoms with E-state index in [1.165, 1.54) is 25.7 Å². The van der Waals surface area contributed by atoms with Gasteiger partial charge in [0.15, 0.2) is 6.10 Å². The number of amides is 1. The molecule has 0 aromatic rings. The molecular weight excluding hydrogens is 650 g/mol. The van der Waals surface area contributed by atoms with Crippen molar-refractivity contribution in [3.05, 3.63) is 97.2 Å². The highest BCUT2D eigenvalue weighted by molar-refractivity contribution is 5.75. The van der Waals surface area contributed by atoms with E-state index in [0.717, 1.165) is 83.5 Å². The number of carbonyl (C=O) groups excluding carboxylic acids is 2. The minimum Gasteiger partial charge on any atom is -0.457 e. The summed E-state index contributed by atoms with van der Waals surface area (Å²) in [7, 11) is 0. The monoisotopic (exact) mass is 724 g/mol. The molecule has 0 aliphatic heterocycles. The highest BCUT2D eigenvalue weighted by Gasteiger charge is 2.22. The maximum absolute atomic E-state index is 12.2. The lowest BCUT2D eigenvalue weighted by Crippen LogP contribution is -2.34. The van der Waals surface area contributed by atoms with Gasteiger partial charge in [-0.2, -0.15) is 0 Å². The summed E-state index contributed by atoms with van der Waals surface area (Å²) in [6.07, 6.45) is 51.8. The minimum atomic E-state index is -0.864. The third kappa shape index (κ3) is 36.5. The predicted molar refractivity (Wildman–Crippen MR) is 219 cm³/mol. The SMILES string of the molecule is CCCCCC=CCC=CCC=CCC=CCCCC(=O)OC(CO)C(O)CCCCCC=CCC=CCC=CCC=CCCCC(=O)NCCO. The Kier molecular flexibility index (Phi) is 38.0. The van der Waals surface area contributed by atoms with Crippen LogP contribution in [-0.2, 0) is 14.3 Å². The van der Waals surface area contributed by atoms with E-state index in [9.17, 15) is 19.8 Å². The zero-order chi connectivity index (χ0) is 38.0. The fraction of sp³-hybridized carbons (Fsp3) is 0.600. The smallest absolute Gasteiger partial charge is 0.306 e. The fourth-order valence-electron chi connectivity index (χ4n) is 5.08. The van der Waals surface area contributed by atoms with Crippen molar-refractivity contribution in [1.29, 1.82) is 0 Å². The third-order valence-electron chi connectivity index (χ3n) is 8.16. The number of nitrogens with one attached hydrogen (secondary N) is 1. The van der Waals surface area contributed by atoms with E-state index >= 15 is 0 Å². The molecule has 0 radical (unpaired) electrons. The summed E-state index contributed by atoms with van der Waals surface area (Å²) in [5.74, 6) is -0.380. The van der Waals surface area contributed by atoms with Crippen LogP contribution in [0.15, 0.2) is 97.2 Å². The van der Waals surface area contributed by atoms with Crippen LogP contribution in [0.1, 0.15) is 142 Å². The molecule has 294 valence electrons. The summed E-state index contributed by atoms with van der Waals surface area (Å²) in [5.41, 5.74) is 0. The van der Waals surface area contributed by atoms with Crippen molar-refractivity contribution in [3.63, 3.8) is 0 Å². The molecule has 0 aliphatic rings. The van der Waals surface area contributed by atoms with Crippen molar-refractivity contribution < 1.29 is 29.6 Å². The van der Waals surface area contributed by atoms with Crippen LogP contribution in [0.2, 0.25) is 0 Å². The Balaban J connectivity index is 3.80. The number of carbonyl (C=O) groups is 2. The van der Waals surface area contributed by atoms with E-state index in [1.54, 1.807) is 0 Å². The zero-order valence-corrected chi connectivity index (χ0v) is 32.4. The average Bonchev–Trinajstić information content (AvgIpc) is 3.14. The van der Waals surface area contributed by atoms with Crippen LogP contribution in [0.5, 0.6) is 0 Å². The lowest BCUT2D eigenvalue weighted by molar-refractivity contribution is -0.158. The van der Waals surface area contributed by atoms with Crippen LogP contribution in [0.25, 0.3) is 0 Å². The molecular formula is C45H73NO6. The Morgan fingerprint density at radius 1 is 0.558 bits per heavy atom. The van der Waals surface area contributed by atoms with E-state index in [-0.39, 0.29) is 31.5 Å². The number of hydrogen-bond donors (Lipinski definition) is 4. The summed E-state index contributed by atoms with van der Waals surface area (Å²) in [6, 6.07) is 0. The standard InChI is InChI=1S/C45H73NO6/c1-2-3-4-5-6-7-8-9-10-12-17-20-23-26-29-32-35-38-45(51)52-43(41-48)42(49)36-33-30-27-24-21-18-15-13-11-14-16-19-22-25-28-31-34-37-44(50)46-39-40-47/h6-7,9-11,13,16-21,25-26,28-29,42-43,47-49H,2-5,8,12,14-15,22-24,27,30-41H2,1H3,(H,46,50). The van der Waals surface area contributed by atoms with Gasteiger partial charge in [-0.25, -0.2) is 0 Å². The number of hydrogen-bond acceptors (Lipinski definition) is 6. The number of rotatable bonds is 35. The van der Waals surface area contributed by atoms with Crippen LogP contribution in [0.3, 0.4) is 0 Å². The Hall–Kier alpha value is -3.26. The van der Waals surface area contributed by atoms with Crippen LogP contribution in [0, 0.1) is 0 Å². The molecule has 4 N–H and O–H groups in total. The van der Waals surface area contributed by atoms with Gasteiger partial charge in [0, 0.05) is 19.4 Å². The topological polar surface area (TPSA) is 116 Å². The van der Waals surface area contributed by atoms with Gasteiger partial charge >= 0.3 is 5.97 Å². The molecule has 0 spiro atoms. The van der Waals surface area contributed by atoms with Gasteiger partial charge in [-0.15, -0.1) is 0 Å². The molecule has 0 aliphatic carbocycles. The molecule has 0 saturated heterocycles. The van der Waals surface area contributed by atoms with Gasteiger partial charge in [0.25, 0.3) is 0 Å². The number of ether oxygens (including phenoxy) is 1. The van der Waals surface area contributed by atoms with Crippen LogP contribution in [-0.4, -0.2) is 59.2 Å². The first kappa shape index (κ1) is 48.7. The van der Waals surface area contributed by atoms with Crippen LogP contribution >= 0.6 is 0 Å². The largest absolute Gasteiger partial charge is 0.457 e. The Labute approximate surface area is 317 Å². The summed E-state index contributed by atoms with van der Waals surface area (Å²) in [4.78, 5) is 23.7. The zero-order valence-electron chi connectivity index (χ0n) is 32.4. The van der Waals surface area contributed by atoms with Crippen molar-refractivity contribution in [1.82, 2.24) is 5.32 Å². The number of aliphatic hydroxyl groups excluding tert-OH is 3. The first-order chi connectivity index (χ1) is 25.5. The van der Waals surface area contributed by atoms with Gasteiger partial charge in [0.1, 0.15) is 0 Å². The molecule has 0 rings (SSSR count). The first-order valence-corrected chi connectivity index (χ1v) is 20.1. The van der Waals surface area contributed by atoms with Crippen molar-refractivity contribution in [2.75, 3.05) is 19.8 Å². The van der Waals surface area contributed by atoms with E-state index in [0.29, 0.717) is 25.8 Å². The van der Waals surface area contributed by atoms with Crippen molar-refractivity contribution in [2.24, 2.45) is 0 Å². The summed E-state index contributed by atoms with van der Waals surface area (Å²) in [6.45, 7) is 2.16. The summed E-state index contributed by atoms with van der Waals surface area (Å²) < 4.78 is 5.37. The minimum absolute atomic E-state index is 0.00810. The Morgan fingerprint density at radius 3 is 1.42 bits per heavy atom. The van der Waals surface area contributed by atoms with E-state index < -0.39 is 12.2 Å². The molecule has 1 amide bonds. The van der Waals surface area contributed by atoms with Crippen molar-refractivity contribution >= 4 is 11.9 Å². The summed E-state index contributed by atoms with van der Waals surface area (Å²) in [5, 5.41) is 31.4. The summed E-state index contributed by atoms with van der Waals surface area (Å²) >= 11 is 0. The van der Waals surface area contributed by atoms with Gasteiger partial charge in [-0.3, -0.25) is 9.59 Å². The maximum atomic E-state index is 12.2. The second-order valence-electron chi connectivity index (χ2n) is 13.0. The average molecular weight is 724 g/mol. The molecule has 2 atom stereocenters. The molecule has 0 aromatic heterocycles. The number of unbranched alkanes of at least 4 members (excludes halogenated alkanes) is 8. The Morgan fingerprint density at radius 2 is 0.981 bits per heavy atom. The molecule has 2 unspecified atom stereocenters. The molecule has 0 aromatic carbocycles. The van der Waals surface area contributed by atoms with E-state index in [4.69, 9.17) is 9.84 Å². The lowest BCUT2D eigenvalue weighted by Gasteiger charge is -2.21. The van der Waals surface area contributed by atoms with Gasteiger partial charge < -0.3 is 25.4 Å². The second kappa shape index (κ2) is 40.5. The van der Waals surface area contributed by atoms with Crippen LogP contribution < -0.4 is 5.32 Å². The predicted octanol–water partition coefficient (Wildman–Crippen LogP) is 10.0. The Bertz CT molecular complexity index is 1070. The molecule has 0 fully saturated rings. The van der Waals surface area contributed by atoms with Crippen molar-refractivity contribution in [3.8, 4) is 0 Å². The maximum Gasteiger partial charge on any atom is 0.306 e. The van der Waals surface area contributed by atoms with Gasteiger partial charge in [-0.1, -0.05) is 130 Å². The molecule has 0 heterocycles. The molecule has 0 saturated carbocycles. The van der Waals surface area contributed by atoms with E-state index in [1.807, 2.05) is 0 Å². The first-order valence-electron chi connectivity index (χ1n) is 20.1. The van der Waals surface area contributed by atoms with Crippen molar-refractivity contribution in [2.45, 2.75) is 154 Å². The number of allylic oxidation sites excluding steroid dienone is 16. The quantitative estimate of drug-likeness (QED) is 0.0294. The van der Waals surface area contributed by atoms with E-state index in [2.05, 4.69) is 109 Å². The highest BCUT2D eigenvalue weighted by atomic mass is 16.6. The molecule has 7 heteroatoms. The molecule has 0 bridgehead atoms. The lowest BCUT2D eigenvalue weighted by atomic mass is 10.0.